The number of rotatable bonds is 7. The van der Waals surface area contributed by atoms with Gasteiger partial charge in [0.2, 0.25) is 0 Å². The van der Waals surface area contributed by atoms with Gasteiger partial charge in [0.05, 0.1) is 5.52 Å². The molecule has 0 amide bonds. The number of hydrogen-bond acceptors (Lipinski definition) is 6. The molecule has 1 aliphatic heterocycles. The van der Waals surface area contributed by atoms with Crippen LogP contribution in [0.25, 0.3) is 22.2 Å². The minimum atomic E-state index is -0.212. The summed E-state index contributed by atoms with van der Waals surface area (Å²) in [7, 11) is 0. The highest BCUT2D eigenvalue weighted by Gasteiger charge is 2.18. The molecule has 0 aliphatic carbocycles. The Morgan fingerprint density at radius 3 is 2.69 bits per heavy atom. The minimum Gasteiger partial charge on any atom is -0.327 e. The van der Waals surface area contributed by atoms with Gasteiger partial charge in [0.1, 0.15) is 11.3 Å². The largest absolute Gasteiger partial charge is 0.327 e. The normalized spacial score (nSPS) is 15.3. The molecule has 32 heavy (non-hydrogen) atoms. The van der Waals surface area contributed by atoms with Crippen molar-refractivity contribution in [3.8, 4) is 11.1 Å². The van der Waals surface area contributed by atoms with Crippen LogP contribution in [0.2, 0.25) is 0 Å². The molecule has 4 aromatic rings. The Hall–Kier alpha value is -3.78. The van der Waals surface area contributed by atoms with Gasteiger partial charge >= 0.3 is 0 Å². The number of hydrazine groups is 1. The summed E-state index contributed by atoms with van der Waals surface area (Å²) < 4.78 is 2.06. The average Bonchev–Trinajstić information content (AvgIpc) is 3.47. The number of aromatic amines is 1. The van der Waals surface area contributed by atoms with E-state index in [1.54, 1.807) is 6.20 Å². The van der Waals surface area contributed by atoms with Crippen LogP contribution < -0.4 is 16.5 Å². The van der Waals surface area contributed by atoms with Gasteiger partial charge in [-0.05, 0) is 29.2 Å². The lowest BCUT2D eigenvalue weighted by Crippen LogP contribution is -2.24. The molecule has 1 unspecified atom stereocenters. The van der Waals surface area contributed by atoms with E-state index < -0.39 is 0 Å². The summed E-state index contributed by atoms with van der Waals surface area (Å²) in [4.78, 5) is 20.1. The van der Waals surface area contributed by atoms with Gasteiger partial charge in [-0.3, -0.25) is 4.79 Å². The Morgan fingerprint density at radius 2 is 1.91 bits per heavy atom. The zero-order chi connectivity index (χ0) is 21.9. The molecule has 2 aromatic carbocycles. The van der Waals surface area contributed by atoms with E-state index in [0.29, 0.717) is 12.1 Å². The van der Waals surface area contributed by atoms with Gasteiger partial charge in [-0.15, -0.1) is 5.11 Å². The molecular weight excluding hydrogens is 402 g/mol. The van der Waals surface area contributed by atoms with Gasteiger partial charge in [-0.1, -0.05) is 67.1 Å². The Balaban J connectivity index is 1.47. The Kier molecular flexibility index (Phi) is 5.51. The first-order valence-electron chi connectivity index (χ1n) is 10.9. The van der Waals surface area contributed by atoms with Gasteiger partial charge in [0.25, 0.3) is 5.56 Å². The summed E-state index contributed by atoms with van der Waals surface area (Å²) in [6.07, 6.45) is 4.42. The van der Waals surface area contributed by atoms with Crippen LogP contribution in [0.15, 0.2) is 75.9 Å². The van der Waals surface area contributed by atoms with E-state index in [1.165, 1.54) is 0 Å². The van der Waals surface area contributed by atoms with Crippen LogP contribution in [0.1, 0.15) is 42.9 Å². The topological polar surface area (TPSA) is 99.5 Å². The van der Waals surface area contributed by atoms with Crippen molar-refractivity contribution in [2.24, 2.45) is 10.3 Å². The number of nitrogens with zero attached hydrogens (tertiary/aromatic N) is 4. The third-order valence-electron chi connectivity index (χ3n) is 5.78. The number of H-pyrrole nitrogens is 1. The number of aryl methyl sites for hydroxylation is 1. The van der Waals surface area contributed by atoms with Crippen molar-refractivity contribution < 1.29 is 0 Å². The van der Waals surface area contributed by atoms with Crippen molar-refractivity contribution in [2.45, 2.75) is 38.9 Å². The number of imidazole rings is 1. The second-order valence-electron chi connectivity index (χ2n) is 7.92. The van der Waals surface area contributed by atoms with Gasteiger partial charge < -0.3 is 9.55 Å². The second kappa shape index (κ2) is 8.76. The molecule has 8 nitrogen and oxygen atoms in total. The summed E-state index contributed by atoms with van der Waals surface area (Å²) in [5.74, 6) is 0.957. The smallest absolute Gasteiger partial charge is 0.274 e. The number of aromatic nitrogens is 3. The third kappa shape index (κ3) is 3.80. The molecule has 0 radical (unpaired) electrons. The highest BCUT2D eigenvalue weighted by atomic mass is 16.1. The zero-order valence-corrected chi connectivity index (χ0v) is 17.9. The molecule has 0 fully saturated rings. The fourth-order valence-electron chi connectivity index (χ4n) is 4.15. The van der Waals surface area contributed by atoms with E-state index in [2.05, 4.69) is 74.2 Å². The quantitative estimate of drug-likeness (QED) is 0.410. The number of nitrogens with one attached hydrogen (secondary N) is 3. The molecule has 0 saturated carbocycles. The molecule has 1 aliphatic rings. The van der Waals surface area contributed by atoms with Crippen LogP contribution in [0.4, 0.5) is 0 Å². The molecule has 0 saturated heterocycles. The molecule has 1 atom stereocenters. The molecular formula is C24H25N7O. The van der Waals surface area contributed by atoms with Gasteiger partial charge in [-0.2, -0.15) is 5.43 Å². The minimum absolute atomic E-state index is 0.102. The van der Waals surface area contributed by atoms with Crippen molar-refractivity contribution >= 4 is 11.0 Å². The van der Waals surface area contributed by atoms with Crippen LogP contribution in [0.5, 0.6) is 0 Å². The van der Waals surface area contributed by atoms with Crippen LogP contribution in [0, 0.1) is 0 Å². The van der Waals surface area contributed by atoms with Crippen LogP contribution in [0.3, 0.4) is 0 Å². The lowest BCUT2D eigenvalue weighted by molar-refractivity contribution is 0.553. The molecule has 3 N–H and O–H groups in total. The molecule has 0 bridgehead atoms. The number of hydrogen-bond donors (Lipinski definition) is 3. The van der Waals surface area contributed by atoms with Gasteiger partial charge in [0.15, 0.2) is 6.17 Å². The first kappa shape index (κ1) is 20.1. The first-order valence-corrected chi connectivity index (χ1v) is 10.9. The zero-order valence-electron chi connectivity index (χ0n) is 17.9. The molecule has 0 spiro atoms. The maximum atomic E-state index is 12.5. The highest BCUT2D eigenvalue weighted by molar-refractivity contribution is 5.75. The highest BCUT2D eigenvalue weighted by Crippen LogP contribution is 2.30. The van der Waals surface area contributed by atoms with E-state index in [1.807, 2.05) is 18.2 Å². The molecule has 5 rings (SSSR count). The maximum Gasteiger partial charge on any atom is 0.274 e. The number of pyridine rings is 1. The lowest BCUT2D eigenvalue weighted by Gasteiger charge is -2.14. The van der Waals surface area contributed by atoms with Crippen molar-refractivity contribution in [1.29, 1.82) is 0 Å². The summed E-state index contributed by atoms with van der Waals surface area (Å²) in [5, 5.41) is 8.01. The molecule has 8 heteroatoms. The maximum absolute atomic E-state index is 12.5. The van der Waals surface area contributed by atoms with Crippen LogP contribution in [-0.4, -0.2) is 14.5 Å². The van der Waals surface area contributed by atoms with Gasteiger partial charge in [-0.25, -0.2) is 10.5 Å². The van der Waals surface area contributed by atoms with Crippen LogP contribution >= 0.6 is 0 Å². The van der Waals surface area contributed by atoms with Crippen molar-refractivity contribution in [3.05, 3.63) is 88.1 Å². The Labute approximate surface area is 185 Å². The monoisotopic (exact) mass is 427 g/mol. The number of benzene rings is 2. The van der Waals surface area contributed by atoms with Crippen molar-refractivity contribution in [3.63, 3.8) is 0 Å². The van der Waals surface area contributed by atoms with E-state index in [0.717, 1.165) is 52.9 Å². The Bertz CT molecular complexity index is 1320. The first-order chi connectivity index (χ1) is 15.7. The van der Waals surface area contributed by atoms with Crippen molar-refractivity contribution in [2.75, 3.05) is 0 Å². The predicted molar refractivity (Wildman–Crippen MR) is 124 cm³/mol. The van der Waals surface area contributed by atoms with Crippen LogP contribution in [-0.2, 0) is 13.0 Å². The summed E-state index contributed by atoms with van der Waals surface area (Å²) in [5.41, 5.74) is 11.4. The van der Waals surface area contributed by atoms with Crippen molar-refractivity contribution in [1.82, 2.24) is 25.5 Å². The summed E-state index contributed by atoms with van der Waals surface area (Å²) >= 11 is 0. The standard InChI is InChI=1S/C24H25N7O/c1-2-3-8-21-26-20-13-14-25-24(32)22(20)31(21)15-16-9-11-17(12-10-16)18-6-4-5-7-19(18)23-27-29-30-28-23/h4-7,9-14,23H,2-3,8,15H2,1H3,(H,25,32)(H,27,30)(H,28,29). The van der Waals surface area contributed by atoms with E-state index in [-0.39, 0.29) is 11.7 Å². The van der Waals surface area contributed by atoms with E-state index >= 15 is 0 Å². The molecule has 2 aromatic heterocycles. The third-order valence-corrected chi connectivity index (χ3v) is 5.78. The average molecular weight is 428 g/mol. The SMILES string of the molecule is CCCCc1nc2cc[nH]c(=O)c2n1Cc1ccc(-c2ccccc2C2N=NNN2)cc1. The van der Waals surface area contributed by atoms with E-state index in [9.17, 15) is 4.79 Å². The number of fused-ring (bicyclic) bond motifs is 1. The Morgan fingerprint density at radius 1 is 1.06 bits per heavy atom. The van der Waals surface area contributed by atoms with E-state index in [4.69, 9.17) is 4.98 Å². The second-order valence-corrected chi connectivity index (χ2v) is 7.92. The van der Waals surface area contributed by atoms with Gasteiger partial charge in [0, 0.05) is 24.7 Å². The summed E-state index contributed by atoms with van der Waals surface area (Å²) in [6.45, 7) is 2.77. The molecule has 3 heterocycles. The number of unbranched alkanes of at least 4 members (excludes halogenated alkanes) is 1. The summed E-state index contributed by atoms with van der Waals surface area (Å²) in [6, 6.07) is 18.5. The lowest BCUT2D eigenvalue weighted by atomic mass is 9.97. The fraction of sp³-hybridized carbons (Fsp3) is 0.250. The fourth-order valence-corrected chi connectivity index (χ4v) is 4.15. The predicted octanol–water partition coefficient (Wildman–Crippen LogP) is 4.26. The molecule has 162 valence electrons.